The van der Waals surface area contributed by atoms with Crippen LogP contribution in [0.2, 0.25) is 0 Å². The lowest BCUT2D eigenvalue weighted by atomic mass is 10.1. The van der Waals surface area contributed by atoms with Crippen LogP contribution in [0.3, 0.4) is 0 Å². The Labute approximate surface area is 171 Å². The van der Waals surface area contributed by atoms with Crippen molar-refractivity contribution in [3.8, 4) is 0 Å². The molecule has 28 heavy (non-hydrogen) atoms. The molecule has 0 radical (unpaired) electrons. The molecule has 0 saturated heterocycles. The Morgan fingerprint density at radius 2 is 1.96 bits per heavy atom. The summed E-state index contributed by atoms with van der Waals surface area (Å²) >= 11 is 4.26. The van der Waals surface area contributed by atoms with Crippen molar-refractivity contribution in [2.24, 2.45) is 0 Å². The van der Waals surface area contributed by atoms with Gasteiger partial charge < -0.3 is 9.84 Å². The fourth-order valence-corrected chi connectivity index (χ4v) is 3.83. The molecule has 0 aliphatic rings. The van der Waals surface area contributed by atoms with E-state index in [2.05, 4.69) is 26.4 Å². The average Bonchev–Trinajstić information content (AvgIpc) is 3.06. The highest BCUT2D eigenvalue weighted by atomic mass is 79.9. The summed E-state index contributed by atoms with van der Waals surface area (Å²) in [4.78, 5) is 13.3. The Bertz CT molecular complexity index is 1000. The Balaban J connectivity index is 1.78. The van der Waals surface area contributed by atoms with Gasteiger partial charge in [-0.3, -0.25) is 4.79 Å². The highest BCUT2D eigenvalue weighted by Crippen LogP contribution is 2.36. The van der Waals surface area contributed by atoms with E-state index in [1.54, 1.807) is 30.3 Å². The minimum Gasteiger partial charge on any atom is -0.360 e. The number of hydrogen-bond donors (Lipinski definition) is 1. The van der Waals surface area contributed by atoms with Crippen molar-refractivity contribution in [1.29, 1.82) is 0 Å². The lowest BCUT2D eigenvalue weighted by Gasteiger charge is -2.13. The maximum Gasteiger partial charge on any atom is 0.417 e. The molecular formula is C19H14BrF3N2O2S. The van der Waals surface area contributed by atoms with Gasteiger partial charge in [0.1, 0.15) is 5.76 Å². The second kappa shape index (κ2) is 8.40. The van der Waals surface area contributed by atoms with E-state index in [0.717, 1.165) is 11.8 Å². The summed E-state index contributed by atoms with van der Waals surface area (Å²) in [5.74, 6) is 0.648. The quantitative estimate of drug-likeness (QED) is 0.444. The van der Waals surface area contributed by atoms with E-state index < -0.39 is 17.6 Å². The van der Waals surface area contributed by atoms with Crippen LogP contribution in [0.15, 0.2) is 62.4 Å². The van der Waals surface area contributed by atoms with Crippen molar-refractivity contribution in [3.05, 3.63) is 75.6 Å². The Kier molecular flexibility index (Phi) is 6.14. The number of rotatable bonds is 5. The van der Waals surface area contributed by atoms with E-state index >= 15 is 0 Å². The number of anilines is 1. The normalized spacial score (nSPS) is 11.5. The molecule has 0 aliphatic heterocycles. The highest BCUT2D eigenvalue weighted by Gasteiger charge is 2.33. The van der Waals surface area contributed by atoms with E-state index in [-0.39, 0.29) is 10.2 Å². The van der Waals surface area contributed by atoms with E-state index in [1.807, 2.05) is 6.92 Å². The molecule has 146 valence electrons. The third kappa shape index (κ3) is 4.96. The molecule has 1 heterocycles. The number of nitrogens with one attached hydrogen (secondary N) is 1. The number of thioether (sulfide) groups is 1. The van der Waals surface area contributed by atoms with Gasteiger partial charge >= 0.3 is 6.18 Å². The zero-order valence-corrected chi connectivity index (χ0v) is 16.9. The third-order valence-corrected chi connectivity index (χ3v) is 5.50. The van der Waals surface area contributed by atoms with Crippen molar-refractivity contribution in [1.82, 2.24) is 5.16 Å². The number of carbonyl (C=O) groups excluding carboxylic acids is 1. The monoisotopic (exact) mass is 470 g/mol. The molecule has 3 rings (SSSR count). The first kappa shape index (κ1) is 20.5. The van der Waals surface area contributed by atoms with Gasteiger partial charge in [0.2, 0.25) is 0 Å². The molecule has 0 unspecified atom stereocenters. The molecular weight excluding hydrogens is 457 g/mol. The Hall–Kier alpha value is -2.26. The summed E-state index contributed by atoms with van der Waals surface area (Å²) in [7, 11) is 0. The molecule has 1 N–H and O–H groups in total. The molecule has 9 heteroatoms. The fourth-order valence-electron chi connectivity index (χ4n) is 2.43. The van der Waals surface area contributed by atoms with Crippen LogP contribution in [0.1, 0.15) is 27.4 Å². The van der Waals surface area contributed by atoms with Crippen LogP contribution in [-0.4, -0.2) is 11.1 Å². The van der Waals surface area contributed by atoms with Gasteiger partial charge in [-0.1, -0.05) is 33.2 Å². The maximum absolute atomic E-state index is 13.1. The number of aryl methyl sites for hydroxylation is 1. The van der Waals surface area contributed by atoms with Gasteiger partial charge in [-0.15, -0.1) is 11.8 Å². The number of halogens is 4. The van der Waals surface area contributed by atoms with E-state index in [0.29, 0.717) is 22.0 Å². The van der Waals surface area contributed by atoms with Gasteiger partial charge in [0.05, 0.1) is 22.6 Å². The smallest absolute Gasteiger partial charge is 0.360 e. The molecule has 0 bridgehead atoms. The predicted octanol–water partition coefficient (Wildman–Crippen LogP) is 6.31. The predicted molar refractivity (Wildman–Crippen MR) is 104 cm³/mol. The molecule has 4 nitrogen and oxygen atoms in total. The number of hydrogen-bond acceptors (Lipinski definition) is 4. The minimum atomic E-state index is -4.53. The number of amides is 1. The fraction of sp³-hybridized carbons (Fsp3) is 0.158. The van der Waals surface area contributed by atoms with Crippen molar-refractivity contribution in [2.75, 3.05) is 5.32 Å². The van der Waals surface area contributed by atoms with Crippen LogP contribution < -0.4 is 5.32 Å². The largest absolute Gasteiger partial charge is 0.417 e. The van der Waals surface area contributed by atoms with Gasteiger partial charge in [0.15, 0.2) is 0 Å². The topological polar surface area (TPSA) is 55.1 Å². The molecule has 1 aromatic heterocycles. The molecule has 0 atom stereocenters. The average molecular weight is 471 g/mol. The minimum absolute atomic E-state index is 0.0613. The first-order chi connectivity index (χ1) is 13.2. The third-order valence-electron chi connectivity index (χ3n) is 3.71. The summed E-state index contributed by atoms with van der Waals surface area (Å²) in [6.45, 7) is 1.81. The zero-order valence-electron chi connectivity index (χ0n) is 14.5. The molecule has 3 aromatic rings. The molecule has 0 fully saturated rings. The van der Waals surface area contributed by atoms with Gasteiger partial charge in [-0.2, -0.15) is 13.2 Å². The van der Waals surface area contributed by atoms with Gasteiger partial charge in [-0.25, -0.2) is 0 Å². The van der Waals surface area contributed by atoms with Gasteiger partial charge in [0, 0.05) is 21.1 Å². The van der Waals surface area contributed by atoms with E-state index in [1.165, 1.54) is 23.9 Å². The summed E-state index contributed by atoms with van der Waals surface area (Å²) in [5, 5.41) is 6.35. The molecule has 0 aliphatic carbocycles. The van der Waals surface area contributed by atoms with Crippen LogP contribution in [0.4, 0.5) is 18.9 Å². The summed E-state index contributed by atoms with van der Waals surface area (Å²) in [6, 6.07) is 12.2. The lowest BCUT2D eigenvalue weighted by Crippen LogP contribution is -2.14. The van der Waals surface area contributed by atoms with Crippen LogP contribution in [0.5, 0.6) is 0 Å². The number of carbonyl (C=O) groups is 1. The van der Waals surface area contributed by atoms with Crippen LogP contribution in [-0.2, 0) is 11.9 Å². The van der Waals surface area contributed by atoms with Gasteiger partial charge in [-0.05, 0) is 37.3 Å². The second-order valence-corrected chi connectivity index (χ2v) is 7.74. The Morgan fingerprint density at radius 3 is 2.64 bits per heavy atom. The van der Waals surface area contributed by atoms with E-state index in [9.17, 15) is 18.0 Å². The zero-order chi connectivity index (χ0) is 20.3. The van der Waals surface area contributed by atoms with Crippen molar-refractivity contribution < 1.29 is 22.5 Å². The first-order valence-electron chi connectivity index (χ1n) is 8.06. The molecule has 1 amide bonds. The van der Waals surface area contributed by atoms with Crippen LogP contribution >= 0.6 is 27.7 Å². The van der Waals surface area contributed by atoms with Crippen molar-refractivity contribution in [3.63, 3.8) is 0 Å². The summed E-state index contributed by atoms with van der Waals surface area (Å²) in [6.07, 6.45) is -4.53. The van der Waals surface area contributed by atoms with E-state index in [4.69, 9.17) is 4.52 Å². The highest BCUT2D eigenvalue weighted by molar-refractivity contribution is 9.10. The van der Waals surface area contributed by atoms with Crippen LogP contribution in [0, 0.1) is 6.92 Å². The molecule has 0 saturated carbocycles. The summed E-state index contributed by atoms with van der Waals surface area (Å²) < 4.78 is 44.2. The Morgan fingerprint density at radius 1 is 1.21 bits per heavy atom. The number of alkyl halides is 3. The first-order valence-corrected chi connectivity index (χ1v) is 9.84. The number of benzene rings is 2. The lowest BCUT2D eigenvalue weighted by molar-refractivity contribution is -0.138. The maximum atomic E-state index is 13.1. The van der Waals surface area contributed by atoms with Gasteiger partial charge in [0.25, 0.3) is 5.91 Å². The van der Waals surface area contributed by atoms with Crippen LogP contribution in [0.25, 0.3) is 0 Å². The number of nitrogens with zero attached hydrogens (tertiary/aromatic N) is 1. The van der Waals surface area contributed by atoms with Crippen molar-refractivity contribution in [2.45, 2.75) is 23.7 Å². The number of aromatic nitrogens is 1. The standard InChI is InChI=1S/C19H14BrF3N2O2S/c1-11-8-13(27-25-11)10-28-17-5-3-2-4-14(17)18(26)24-12-6-7-16(20)15(9-12)19(21,22)23/h2-9H,10H2,1H3,(H,24,26). The SMILES string of the molecule is Cc1cc(CSc2ccccc2C(=O)Nc2ccc(Br)c(C(F)(F)F)c2)on1. The molecule has 2 aromatic carbocycles. The second-order valence-electron chi connectivity index (χ2n) is 5.87. The molecule has 0 spiro atoms. The van der Waals surface area contributed by atoms with Crippen molar-refractivity contribution >= 4 is 39.3 Å². The summed E-state index contributed by atoms with van der Waals surface area (Å²) in [5.41, 5.74) is 0.331.